The minimum absolute atomic E-state index is 0.126. The van der Waals surface area contributed by atoms with Crippen LogP contribution in [0.2, 0.25) is 0 Å². The molecule has 7 nitrogen and oxygen atoms in total. The minimum Gasteiger partial charge on any atom is -0.395 e. The highest BCUT2D eigenvalue weighted by Crippen LogP contribution is 2.42. The van der Waals surface area contributed by atoms with Gasteiger partial charge in [0.2, 0.25) is 5.91 Å². The van der Waals surface area contributed by atoms with E-state index in [-0.39, 0.29) is 23.1 Å². The fourth-order valence-electron chi connectivity index (χ4n) is 1.93. The molecule has 0 saturated heterocycles. The van der Waals surface area contributed by atoms with Gasteiger partial charge in [0, 0.05) is 11.8 Å². The molecule has 4 N–H and O–H groups in total. The van der Waals surface area contributed by atoms with Crippen molar-refractivity contribution in [1.82, 2.24) is 5.32 Å². The van der Waals surface area contributed by atoms with Crippen molar-refractivity contribution < 1.29 is 27.8 Å². The number of alkyl halides is 2. The van der Waals surface area contributed by atoms with E-state index < -0.39 is 24.3 Å². The smallest absolute Gasteiger partial charge is 0.395 e. The predicted octanol–water partition coefficient (Wildman–Crippen LogP) is 1.64. The molecule has 3 amide bonds. The van der Waals surface area contributed by atoms with Crippen LogP contribution >= 0.6 is 0 Å². The number of benzene rings is 1. The van der Waals surface area contributed by atoms with E-state index in [9.17, 15) is 18.4 Å². The number of halogens is 2. The maximum atomic E-state index is 12.9. The van der Waals surface area contributed by atoms with Crippen molar-refractivity contribution in [3.05, 3.63) is 18.2 Å². The number of rotatable bonds is 4. The maximum absolute atomic E-state index is 12.9. The molecular formula is C13H15F2N3O4. The number of primary amides is 1. The summed E-state index contributed by atoms with van der Waals surface area (Å²) in [6.07, 6.45) is -3.72. The molecule has 1 aliphatic rings. The molecule has 1 atom stereocenters. The van der Waals surface area contributed by atoms with Crippen LogP contribution in [0, 0.1) is 5.92 Å². The molecule has 0 saturated carbocycles. The number of nitrogens with one attached hydrogen (secondary N) is 2. The molecular weight excluding hydrogens is 300 g/mol. The van der Waals surface area contributed by atoms with Crippen LogP contribution in [0.5, 0.6) is 11.5 Å². The van der Waals surface area contributed by atoms with Gasteiger partial charge in [0.25, 0.3) is 0 Å². The summed E-state index contributed by atoms with van der Waals surface area (Å²) in [5.74, 6) is -1.06. The first-order valence-electron chi connectivity index (χ1n) is 6.44. The minimum atomic E-state index is -3.72. The third-order valence-electron chi connectivity index (χ3n) is 2.92. The molecule has 1 aliphatic heterocycles. The van der Waals surface area contributed by atoms with Crippen LogP contribution in [0.3, 0.4) is 0 Å². The zero-order valence-corrected chi connectivity index (χ0v) is 11.9. The molecule has 0 radical (unpaired) electrons. The van der Waals surface area contributed by atoms with Crippen molar-refractivity contribution in [2.75, 3.05) is 5.32 Å². The Balaban J connectivity index is 2.11. The van der Waals surface area contributed by atoms with Gasteiger partial charge in [-0.05, 0) is 18.1 Å². The van der Waals surface area contributed by atoms with Crippen molar-refractivity contribution in [2.24, 2.45) is 11.7 Å². The van der Waals surface area contributed by atoms with Gasteiger partial charge in [-0.2, -0.15) is 0 Å². The lowest BCUT2D eigenvalue weighted by molar-refractivity contribution is -0.286. The summed E-state index contributed by atoms with van der Waals surface area (Å²) < 4.78 is 34.4. The molecule has 0 aliphatic carbocycles. The van der Waals surface area contributed by atoms with Gasteiger partial charge in [0.05, 0.1) is 0 Å². The van der Waals surface area contributed by atoms with Gasteiger partial charge in [-0.25, -0.2) is 4.79 Å². The average Bonchev–Trinajstić information content (AvgIpc) is 2.68. The molecule has 0 fully saturated rings. The Morgan fingerprint density at radius 3 is 2.45 bits per heavy atom. The molecule has 0 unspecified atom stereocenters. The number of urea groups is 1. The number of hydrogen-bond acceptors (Lipinski definition) is 4. The first kappa shape index (κ1) is 15.8. The number of amides is 3. The number of anilines is 1. The van der Waals surface area contributed by atoms with Gasteiger partial charge in [0.1, 0.15) is 6.04 Å². The van der Waals surface area contributed by atoms with Gasteiger partial charge in [-0.1, -0.05) is 13.8 Å². The number of nitrogens with two attached hydrogens (primary N) is 1. The second kappa shape index (κ2) is 5.66. The highest BCUT2D eigenvalue weighted by Gasteiger charge is 2.43. The fourth-order valence-corrected chi connectivity index (χ4v) is 1.93. The van der Waals surface area contributed by atoms with E-state index in [0.29, 0.717) is 0 Å². The highest BCUT2D eigenvalue weighted by atomic mass is 19.3. The van der Waals surface area contributed by atoms with Crippen molar-refractivity contribution in [3.8, 4) is 11.5 Å². The van der Waals surface area contributed by atoms with E-state index in [1.165, 1.54) is 18.2 Å². The summed E-state index contributed by atoms with van der Waals surface area (Å²) in [5, 5.41) is 4.81. The summed E-state index contributed by atoms with van der Waals surface area (Å²) in [5.41, 5.74) is 5.24. The molecule has 1 heterocycles. The Morgan fingerprint density at radius 1 is 1.23 bits per heavy atom. The second-order valence-corrected chi connectivity index (χ2v) is 5.05. The largest absolute Gasteiger partial charge is 0.586 e. The maximum Gasteiger partial charge on any atom is 0.586 e. The summed E-state index contributed by atoms with van der Waals surface area (Å²) in [6.45, 7) is 3.45. The number of carbonyl (C=O) groups excluding carboxylic acids is 2. The van der Waals surface area contributed by atoms with Crippen LogP contribution in [-0.4, -0.2) is 24.3 Å². The van der Waals surface area contributed by atoms with Crippen LogP contribution < -0.4 is 25.8 Å². The third-order valence-corrected chi connectivity index (χ3v) is 2.92. The van der Waals surface area contributed by atoms with Crippen LogP contribution in [0.15, 0.2) is 18.2 Å². The molecule has 1 aromatic rings. The number of carbonyl (C=O) groups is 2. The number of hydrogen-bond donors (Lipinski definition) is 3. The van der Waals surface area contributed by atoms with Crippen molar-refractivity contribution in [2.45, 2.75) is 26.2 Å². The van der Waals surface area contributed by atoms with Gasteiger partial charge in [0.15, 0.2) is 11.5 Å². The molecule has 0 bridgehead atoms. The van der Waals surface area contributed by atoms with E-state index in [0.717, 1.165) is 0 Å². The highest BCUT2D eigenvalue weighted by molar-refractivity contribution is 5.97. The zero-order valence-electron chi connectivity index (χ0n) is 11.9. The number of ether oxygens (including phenoxy) is 2. The van der Waals surface area contributed by atoms with E-state index in [2.05, 4.69) is 20.1 Å². The summed E-state index contributed by atoms with van der Waals surface area (Å²) in [4.78, 5) is 23.0. The van der Waals surface area contributed by atoms with Crippen LogP contribution in [0.4, 0.5) is 19.3 Å². The van der Waals surface area contributed by atoms with Crippen LogP contribution in [-0.2, 0) is 4.79 Å². The summed E-state index contributed by atoms with van der Waals surface area (Å²) >= 11 is 0. The Hall–Kier alpha value is -2.58. The Morgan fingerprint density at radius 2 is 1.86 bits per heavy atom. The average molecular weight is 315 g/mol. The lowest BCUT2D eigenvalue weighted by atomic mass is 10.0. The van der Waals surface area contributed by atoms with E-state index in [1.54, 1.807) is 13.8 Å². The molecule has 0 aromatic heterocycles. The summed E-state index contributed by atoms with van der Waals surface area (Å²) in [6, 6.07) is 2.14. The topological polar surface area (TPSA) is 103 Å². The van der Waals surface area contributed by atoms with E-state index in [1.807, 2.05) is 0 Å². The van der Waals surface area contributed by atoms with Gasteiger partial charge < -0.3 is 25.8 Å². The standard InChI is InChI=1S/C13H15F2N3O4/c1-6(2)10(18-12(16)20)11(19)17-7-3-4-8-9(5-7)22-13(14,15)21-8/h3-6,10H,1-2H3,(H,17,19)(H3,16,18,20)/t10-/m1/s1. The van der Waals surface area contributed by atoms with Crippen LogP contribution in [0.1, 0.15) is 13.8 Å². The zero-order chi connectivity index (χ0) is 16.5. The molecule has 2 rings (SSSR count). The van der Waals surface area contributed by atoms with E-state index >= 15 is 0 Å². The monoisotopic (exact) mass is 315 g/mol. The SMILES string of the molecule is CC(C)[C@@H](NC(N)=O)C(=O)Nc1ccc2c(c1)OC(F)(F)O2. The first-order chi connectivity index (χ1) is 10.2. The van der Waals surface area contributed by atoms with Crippen molar-refractivity contribution in [1.29, 1.82) is 0 Å². The molecule has 120 valence electrons. The number of fused-ring (bicyclic) bond motifs is 1. The van der Waals surface area contributed by atoms with E-state index in [4.69, 9.17) is 5.73 Å². The first-order valence-corrected chi connectivity index (χ1v) is 6.44. The van der Waals surface area contributed by atoms with Crippen LogP contribution in [0.25, 0.3) is 0 Å². The molecule has 9 heteroatoms. The summed E-state index contributed by atoms with van der Waals surface area (Å²) in [7, 11) is 0. The third kappa shape index (κ3) is 3.54. The quantitative estimate of drug-likeness (QED) is 0.786. The Kier molecular flexibility index (Phi) is 4.07. The molecule has 1 aromatic carbocycles. The molecule has 22 heavy (non-hydrogen) atoms. The lowest BCUT2D eigenvalue weighted by Gasteiger charge is -2.20. The van der Waals surface area contributed by atoms with Crippen molar-refractivity contribution in [3.63, 3.8) is 0 Å². The van der Waals surface area contributed by atoms with Gasteiger partial charge >= 0.3 is 12.3 Å². The normalized spacial score (nSPS) is 16.2. The predicted molar refractivity (Wildman–Crippen MR) is 72.6 cm³/mol. The fraction of sp³-hybridized carbons (Fsp3) is 0.385. The lowest BCUT2D eigenvalue weighted by Crippen LogP contribution is -2.49. The van der Waals surface area contributed by atoms with Crippen molar-refractivity contribution >= 4 is 17.6 Å². The Labute approximate surface area is 124 Å². The van der Waals surface area contributed by atoms with Gasteiger partial charge in [-0.15, -0.1) is 8.78 Å². The molecule has 0 spiro atoms. The van der Waals surface area contributed by atoms with Gasteiger partial charge in [-0.3, -0.25) is 4.79 Å². The Bertz CT molecular complexity index is 607. The second-order valence-electron chi connectivity index (χ2n) is 5.05.